The minimum absolute atomic E-state index is 0.126. The molecular weight excluding hydrogens is 380 g/mol. The summed E-state index contributed by atoms with van der Waals surface area (Å²) in [7, 11) is -3.32. The van der Waals surface area contributed by atoms with E-state index in [1.165, 1.54) is 25.1 Å². The Bertz CT molecular complexity index is 1050. The molecule has 0 atom stereocenters. The summed E-state index contributed by atoms with van der Waals surface area (Å²) in [5, 5.41) is 5.25. The number of hydrogen-bond acceptors (Lipinski definition) is 9. The van der Waals surface area contributed by atoms with Crippen molar-refractivity contribution in [3.8, 4) is 0 Å². The van der Waals surface area contributed by atoms with Gasteiger partial charge in [-0.3, -0.25) is 5.32 Å². The van der Waals surface area contributed by atoms with Gasteiger partial charge >= 0.3 is 12.0 Å². The number of azide groups is 1. The molecule has 27 heavy (non-hydrogen) atoms. The van der Waals surface area contributed by atoms with Crippen molar-refractivity contribution in [2.24, 2.45) is 5.11 Å². The summed E-state index contributed by atoms with van der Waals surface area (Å²) >= 11 is 0. The number of amides is 2. The predicted molar refractivity (Wildman–Crippen MR) is 90.5 cm³/mol. The molecule has 13 nitrogen and oxygen atoms in total. The van der Waals surface area contributed by atoms with Crippen molar-refractivity contribution < 1.29 is 22.7 Å². The maximum Gasteiger partial charge on any atom is 0.339 e. The van der Waals surface area contributed by atoms with Crippen LogP contribution in [0, 0.1) is 6.92 Å². The molecule has 0 saturated heterocycles. The summed E-state index contributed by atoms with van der Waals surface area (Å²) < 4.78 is 31.1. The fourth-order valence-corrected chi connectivity index (χ4v) is 3.00. The molecule has 0 bridgehead atoms. The van der Waals surface area contributed by atoms with E-state index in [9.17, 15) is 18.0 Å². The normalized spacial score (nSPS) is 10.4. The number of nitrogens with one attached hydrogen (secondary N) is 2. The summed E-state index contributed by atoms with van der Waals surface area (Å²) in [6, 6.07) is 3.98. The van der Waals surface area contributed by atoms with Gasteiger partial charge in [-0.1, -0.05) is 12.1 Å². The number of benzene rings is 1. The number of carbonyl (C=O) groups is 2. The van der Waals surface area contributed by atoms with Crippen LogP contribution in [0.5, 0.6) is 0 Å². The van der Waals surface area contributed by atoms with Gasteiger partial charge in [0.1, 0.15) is 10.7 Å². The van der Waals surface area contributed by atoms with Crippen LogP contribution >= 0.6 is 0 Å². The average Bonchev–Trinajstić information content (AvgIpc) is 2.60. The number of carbonyl (C=O) groups excluding carboxylic acids is 2. The maximum absolute atomic E-state index is 12.4. The zero-order chi connectivity index (χ0) is 20.0. The highest BCUT2D eigenvalue weighted by Gasteiger charge is 2.25. The second-order valence-electron chi connectivity index (χ2n) is 4.74. The van der Waals surface area contributed by atoms with E-state index in [4.69, 9.17) is 5.53 Å². The number of methoxy groups -OCH3 is 1. The second kappa shape index (κ2) is 8.07. The third-order valence-electron chi connectivity index (χ3n) is 2.90. The molecule has 2 rings (SSSR count). The van der Waals surface area contributed by atoms with Crippen molar-refractivity contribution in [1.82, 2.24) is 19.7 Å². The molecular formula is C13H12N8O5S. The van der Waals surface area contributed by atoms with Crippen LogP contribution in [0.1, 0.15) is 16.2 Å². The highest BCUT2D eigenvalue weighted by atomic mass is 32.2. The van der Waals surface area contributed by atoms with E-state index < -0.39 is 26.9 Å². The van der Waals surface area contributed by atoms with Gasteiger partial charge in [0.05, 0.1) is 12.7 Å². The Hall–Kier alpha value is -3.77. The first-order valence-electron chi connectivity index (χ1n) is 7.05. The molecule has 0 saturated carbocycles. The number of ether oxygens (including phenoxy) is 1. The molecule has 1 aromatic heterocycles. The van der Waals surface area contributed by atoms with Crippen molar-refractivity contribution in [3.05, 3.63) is 46.1 Å². The maximum atomic E-state index is 12.4. The highest BCUT2D eigenvalue weighted by molar-refractivity contribution is 7.90. The molecule has 0 aliphatic heterocycles. The summed E-state index contributed by atoms with van der Waals surface area (Å²) in [6.45, 7) is 1.45. The number of sulfonamides is 1. The van der Waals surface area contributed by atoms with E-state index in [0.717, 1.165) is 13.2 Å². The molecule has 0 unspecified atom stereocenters. The van der Waals surface area contributed by atoms with Crippen LogP contribution in [0.4, 0.5) is 16.7 Å². The Morgan fingerprint density at radius 2 is 1.93 bits per heavy atom. The zero-order valence-corrected chi connectivity index (χ0v) is 14.8. The fourth-order valence-electron chi connectivity index (χ4n) is 1.89. The smallest absolute Gasteiger partial charge is 0.339 e. The Balaban J connectivity index is 2.26. The SMILES string of the molecule is COC(=O)c1ccccc1S(=O)(=O)NC(=O)Nc1nc(C)nc(N=[N+]=[N-])n1. The molecule has 1 aromatic carbocycles. The summed E-state index contributed by atoms with van der Waals surface area (Å²) in [5.41, 5.74) is 8.15. The average molecular weight is 392 g/mol. The van der Waals surface area contributed by atoms with Crippen molar-refractivity contribution in [1.29, 1.82) is 0 Å². The number of nitrogens with zero attached hydrogens (tertiary/aromatic N) is 6. The second-order valence-corrected chi connectivity index (χ2v) is 6.39. The molecule has 2 amide bonds. The Kier molecular flexibility index (Phi) is 5.85. The van der Waals surface area contributed by atoms with Crippen molar-refractivity contribution in [2.75, 3.05) is 12.4 Å². The lowest BCUT2D eigenvalue weighted by Gasteiger charge is -2.10. The lowest BCUT2D eigenvalue weighted by molar-refractivity contribution is 0.0596. The summed E-state index contributed by atoms with van der Waals surface area (Å²) in [6.07, 6.45) is 0. The molecule has 2 N–H and O–H groups in total. The quantitative estimate of drug-likeness (QED) is 0.330. The summed E-state index contributed by atoms with van der Waals surface area (Å²) in [5.74, 6) is -1.40. The van der Waals surface area contributed by atoms with E-state index in [2.05, 4.69) is 35.0 Å². The highest BCUT2D eigenvalue weighted by Crippen LogP contribution is 2.16. The van der Waals surface area contributed by atoms with E-state index in [-0.39, 0.29) is 23.3 Å². The van der Waals surface area contributed by atoms with Crippen LogP contribution in [-0.2, 0) is 14.8 Å². The molecule has 14 heteroatoms. The Labute approximate surface area is 152 Å². The van der Waals surface area contributed by atoms with E-state index in [0.29, 0.717) is 0 Å². The Morgan fingerprint density at radius 1 is 1.22 bits per heavy atom. The number of esters is 1. The van der Waals surface area contributed by atoms with Gasteiger partial charge < -0.3 is 4.74 Å². The number of hydrogen-bond donors (Lipinski definition) is 2. The van der Waals surface area contributed by atoms with Gasteiger partial charge in [0.15, 0.2) is 0 Å². The van der Waals surface area contributed by atoms with E-state index in [1.807, 2.05) is 0 Å². The van der Waals surface area contributed by atoms with Gasteiger partial charge in [-0.05, 0) is 29.7 Å². The minimum atomic E-state index is -4.41. The predicted octanol–water partition coefficient (Wildman–Crippen LogP) is 1.42. The minimum Gasteiger partial charge on any atom is -0.465 e. The first-order chi connectivity index (χ1) is 12.8. The molecule has 0 spiro atoms. The third-order valence-corrected chi connectivity index (χ3v) is 4.29. The fraction of sp³-hybridized carbons (Fsp3) is 0.154. The number of rotatable bonds is 5. The van der Waals surface area contributed by atoms with Crippen LogP contribution in [0.25, 0.3) is 10.4 Å². The van der Waals surface area contributed by atoms with Gasteiger partial charge in [0, 0.05) is 4.91 Å². The molecule has 2 aromatic rings. The number of anilines is 1. The summed E-state index contributed by atoms with van der Waals surface area (Å²) in [4.78, 5) is 36.9. The van der Waals surface area contributed by atoms with Crippen molar-refractivity contribution >= 4 is 33.9 Å². The largest absolute Gasteiger partial charge is 0.465 e. The van der Waals surface area contributed by atoms with Crippen LogP contribution in [0.15, 0.2) is 34.3 Å². The van der Waals surface area contributed by atoms with Gasteiger partial charge in [-0.25, -0.2) is 27.7 Å². The van der Waals surface area contributed by atoms with Gasteiger partial charge in [-0.15, -0.1) is 0 Å². The first kappa shape index (κ1) is 19.6. The van der Waals surface area contributed by atoms with Crippen molar-refractivity contribution in [2.45, 2.75) is 11.8 Å². The standard InChI is InChI=1S/C13H12N8O5S/c1-7-15-11(17-12(16-7)19-21-14)18-13(23)20-27(24,25)9-6-4-3-5-8(9)10(22)26-2/h3-6H,1-2H3,(H2,15,16,17,18,20,23). The molecule has 0 fully saturated rings. The molecule has 0 aliphatic rings. The molecule has 1 heterocycles. The van der Waals surface area contributed by atoms with Crippen LogP contribution in [-0.4, -0.2) is 42.5 Å². The number of aryl methyl sites for hydroxylation is 1. The molecule has 0 radical (unpaired) electrons. The zero-order valence-electron chi connectivity index (χ0n) is 13.9. The monoisotopic (exact) mass is 392 g/mol. The molecule has 0 aliphatic carbocycles. The molecule has 140 valence electrons. The number of aromatic nitrogens is 3. The first-order valence-corrected chi connectivity index (χ1v) is 8.54. The lowest BCUT2D eigenvalue weighted by Crippen LogP contribution is -2.35. The number of urea groups is 1. The van der Waals surface area contributed by atoms with E-state index >= 15 is 0 Å². The topological polar surface area (TPSA) is 189 Å². The van der Waals surface area contributed by atoms with Gasteiger partial charge in [0.25, 0.3) is 10.0 Å². The van der Waals surface area contributed by atoms with Crippen LogP contribution in [0.3, 0.4) is 0 Å². The van der Waals surface area contributed by atoms with Gasteiger partial charge in [-0.2, -0.15) is 9.97 Å². The van der Waals surface area contributed by atoms with Crippen LogP contribution < -0.4 is 10.0 Å². The Morgan fingerprint density at radius 3 is 2.59 bits per heavy atom. The lowest BCUT2D eigenvalue weighted by atomic mass is 10.2. The van der Waals surface area contributed by atoms with Gasteiger partial charge in [0.2, 0.25) is 11.9 Å². The van der Waals surface area contributed by atoms with Crippen LogP contribution in [0.2, 0.25) is 0 Å². The van der Waals surface area contributed by atoms with E-state index in [1.54, 1.807) is 4.72 Å². The third kappa shape index (κ3) is 4.87. The van der Waals surface area contributed by atoms with Crippen molar-refractivity contribution in [3.63, 3.8) is 0 Å².